The molecule has 0 aliphatic rings. The zero-order valence-corrected chi connectivity index (χ0v) is 16.6. The molecule has 0 saturated heterocycles. The second-order valence-corrected chi connectivity index (χ2v) is 7.50. The van der Waals surface area contributed by atoms with Crippen molar-refractivity contribution in [3.8, 4) is 0 Å². The Morgan fingerprint density at radius 3 is 1.00 bits per heavy atom. The van der Waals surface area contributed by atoms with Crippen LogP contribution in [0, 0.1) is 0 Å². The smallest absolute Gasteiger partial charge is 0.250 e. The van der Waals surface area contributed by atoms with E-state index in [0.29, 0.717) is 25.7 Å². The van der Waals surface area contributed by atoms with Gasteiger partial charge in [0.1, 0.15) is 0 Å². The molecule has 0 radical (unpaired) electrons. The summed E-state index contributed by atoms with van der Waals surface area (Å²) in [7, 11) is -8.75. The lowest BCUT2D eigenvalue weighted by atomic mass is 10.2. The van der Waals surface area contributed by atoms with Crippen LogP contribution in [-0.4, -0.2) is 48.7 Å². The van der Waals surface area contributed by atoms with Gasteiger partial charge in [-0.05, 0) is 48.5 Å². The van der Waals surface area contributed by atoms with Crippen LogP contribution in [0.1, 0.15) is 25.7 Å². The highest BCUT2D eigenvalue weighted by atomic mass is 31.1. The minimum absolute atomic E-state index is 0.222. The molecule has 0 N–H and O–H groups in total. The fraction of sp³-hybridized carbons (Fsp3) is 0.600. The van der Waals surface area contributed by atoms with Crippen molar-refractivity contribution >= 4 is 55.8 Å². The van der Waals surface area contributed by atoms with Gasteiger partial charge in [0.15, 0.2) is 0 Å². The third kappa shape index (κ3) is 15.2. The molecule has 0 aliphatic heterocycles. The average molecular weight is 420 g/mol. The van der Waals surface area contributed by atoms with Crippen LogP contribution < -0.4 is 0 Å². The van der Waals surface area contributed by atoms with Crippen molar-refractivity contribution < 1.29 is 36.8 Å². The van der Waals surface area contributed by atoms with Gasteiger partial charge in [-0.1, -0.05) is 12.8 Å². The number of unbranched alkanes of at least 4 members (excludes halogenated alkanes) is 3. The molecule has 4 unspecified atom stereocenters. The second-order valence-electron chi connectivity index (χ2n) is 4.18. The van der Waals surface area contributed by atoms with E-state index in [0.717, 1.165) is 10.5 Å². The summed E-state index contributed by atoms with van der Waals surface area (Å²) in [5.41, 5.74) is 0. The minimum atomic E-state index is -2.19. The first-order chi connectivity index (χ1) is 11.2. The summed E-state index contributed by atoms with van der Waals surface area (Å²) in [6.07, 6.45) is 15.3. The minimum Gasteiger partial charge on any atom is -0.250 e. The van der Waals surface area contributed by atoms with Crippen LogP contribution in [0.3, 0.4) is 0 Å². The van der Waals surface area contributed by atoms with Crippen molar-refractivity contribution in [1.82, 2.24) is 10.5 Å². The summed E-state index contributed by atoms with van der Waals surface area (Å²) in [5.74, 6) is 0. The molecule has 24 heavy (non-hydrogen) atoms. The lowest BCUT2D eigenvalue weighted by Gasteiger charge is -2.15. The van der Waals surface area contributed by atoms with E-state index >= 15 is 0 Å². The number of rotatable bonds is 15. The highest BCUT2D eigenvalue weighted by molar-refractivity contribution is 7.38. The summed E-state index contributed by atoms with van der Waals surface area (Å²) in [6.45, 7) is 0.443. The summed E-state index contributed by atoms with van der Waals surface area (Å²) < 4.78 is 62.6. The highest BCUT2D eigenvalue weighted by Gasteiger charge is 2.10. The van der Waals surface area contributed by atoms with Crippen molar-refractivity contribution in [3.63, 3.8) is 0 Å². The first-order valence-corrected chi connectivity index (χ1v) is 12.0. The molecule has 0 bridgehead atoms. The topological polar surface area (TPSA) is 112 Å². The zero-order valence-electron chi connectivity index (χ0n) is 13.0. The largest absolute Gasteiger partial charge is 0.251 e. The number of hydrogen-bond acceptors (Lipinski definition) is 10. The monoisotopic (exact) mass is 420 g/mol. The van der Waals surface area contributed by atoms with Gasteiger partial charge in [0.2, 0.25) is 0 Å². The van der Waals surface area contributed by atoms with Gasteiger partial charge in [0.25, 0.3) is 30.6 Å². The van der Waals surface area contributed by atoms with Crippen molar-refractivity contribution in [2.45, 2.75) is 25.7 Å². The molecule has 14 heteroatoms. The van der Waals surface area contributed by atoms with E-state index in [4.69, 9.17) is 18.5 Å². The Bertz CT molecular complexity index is 517. The molecular weight excluding hydrogens is 400 g/mol. The maximum absolute atomic E-state index is 10.9. The number of nitrogens with zero attached hydrogens (tertiary/aromatic N) is 2. The van der Waals surface area contributed by atoms with Gasteiger partial charge in [0, 0.05) is 0 Å². The Hall–Kier alpha value is -0.360. The number of hydroxylamine groups is 4. The van der Waals surface area contributed by atoms with Gasteiger partial charge in [0.05, 0.1) is 13.1 Å². The van der Waals surface area contributed by atoms with E-state index < -0.39 is 30.6 Å². The first-order valence-electron chi connectivity index (χ1n) is 6.59. The van der Waals surface area contributed by atoms with Crippen LogP contribution >= 0.6 is 30.6 Å². The summed E-state index contributed by atoms with van der Waals surface area (Å²) >= 11 is 0. The zero-order chi connectivity index (χ0) is 18.5. The van der Waals surface area contributed by atoms with E-state index in [1.165, 1.54) is 0 Å². The molecule has 0 amide bonds. The van der Waals surface area contributed by atoms with Crippen molar-refractivity contribution in [2.24, 2.45) is 0 Å². The summed E-state index contributed by atoms with van der Waals surface area (Å²) in [5, 5.41) is 1.69. The summed E-state index contributed by atoms with van der Waals surface area (Å²) in [6, 6.07) is 0. The molecule has 0 aliphatic carbocycles. The molecule has 0 fully saturated rings. The van der Waals surface area contributed by atoms with Gasteiger partial charge in [-0.3, -0.25) is 0 Å². The molecule has 10 nitrogen and oxygen atoms in total. The van der Waals surface area contributed by atoms with E-state index in [2.05, 4.69) is 25.2 Å². The Morgan fingerprint density at radius 1 is 0.542 bits per heavy atom. The van der Waals surface area contributed by atoms with Gasteiger partial charge < -0.3 is 0 Å². The normalized spacial score (nSPS) is 13.9. The van der Waals surface area contributed by atoms with Gasteiger partial charge >= 0.3 is 0 Å². The first kappa shape index (κ1) is 23.6. The van der Waals surface area contributed by atoms with Crippen LogP contribution in [0.25, 0.3) is 0 Å². The molecule has 0 saturated carbocycles. The molecule has 0 aromatic carbocycles. The molecule has 0 spiro atoms. The second kappa shape index (κ2) is 13.9. The van der Waals surface area contributed by atoms with E-state index in [1.807, 2.05) is 0 Å². The van der Waals surface area contributed by atoms with Crippen molar-refractivity contribution in [3.05, 3.63) is 0 Å². The third-order valence-electron chi connectivity index (χ3n) is 2.16. The molecule has 138 valence electrons. The Morgan fingerprint density at radius 2 is 0.792 bits per heavy atom. The molecule has 0 aromatic heterocycles. The third-order valence-corrected chi connectivity index (χ3v) is 3.62. The molecule has 0 rings (SSSR count). The van der Waals surface area contributed by atoms with Crippen LogP contribution in [-0.2, 0) is 36.8 Å². The van der Waals surface area contributed by atoms with E-state index in [9.17, 15) is 18.3 Å². The van der Waals surface area contributed by atoms with E-state index in [1.54, 1.807) is 0 Å². The highest BCUT2D eigenvalue weighted by Crippen LogP contribution is 2.19. The lowest BCUT2D eigenvalue weighted by Crippen LogP contribution is -2.20. The lowest BCUT2D eigenvalue weighted by molar-refractivity contribution is -0.248. The fourth-order valence-corrected chi connectivity index (χ4v) is 2.81. The molecule has 0 aromatic rings. The molecule has 4 atom stereocenters. The molecular formula is C10H20N2O8P4. The Kier molecular flexibility index (Phi) is 13.7. The van der Waals surface area contributed by atoms with Crippen LogP contribution in [0.4, 0.5) is 0 Å². The van der Waals surface area contributed by atoms with E-state index in [-0.39, 0.29) is 13.1 Å². The van der Waals surface area contributed by atoms with Crippen LogP contribution in [0.2, 0.25) is 0 Å². The average Bonchev–Trinajstić information content (AvgIpc) is 2.39. The number of hydrogen-bond donors (Lipinski definition) is 0. The predicted molar refractivity (Wildman–Crippen MR) is 95.1 cm³/mol. The van der Waals surface area contributed by atoms with Gasteiger partial charge in [-0.15, -0.1) is 0 Å². The summed E-state index contributed by atoms with van der Waals surface area (Å²) in [4.78, 5) is 0. The standard InChI is InChI=1S/C10H20N2O8P4/c1-21(13)17-11(18-22(2)14)9-7-5-6-8-10-12(19-23(3)15)20-24(4)16/h1-10H2. The predicted octanol–water partition coefficient (Wildman–Crippen LogP) is 3.57. The van der Waals surface area contributed by atoms with Crippen LogP contribution in [0.15, 0.2) is 0 Å². The fourth-order valence-electron chi connectivity index (χ4n) is 1.43. The SMILES string of the molecule is C=P(=O)ON(CCCCCCN(OP(=C)=O)OP(=C)=O)OP(=C)=O. The van der Waals surface area contributed by atoms with Gasteiger partial charge in [-0.25, -0.2) is 18.3 Å². The Labute approximate surface area is 142 Å². The van der Waals surface area contributed by atoms with Gasteiger partial charge in [-0.2, -0.15) is 18.5 Å². The van der Waals surface area contributed by atoms with Crippen molar-refractivity contribution in [1.29, 1.82) is 0 Å². The van der Waals surface area contributed by atoms with Crippen molar-refractivity contribution in [2.75, 3.05) is 13.1 Å². The van der Waals surface area contributed by atoms with Crippen LogP contribution in [0.5, 0.6) is 0 Å². The quantitative estimate of drug-likeness (QED) is 0.221. The maximum Gasteiger partial charge on any atom is 0.251 e. The molecule has 0 heterocycles. The Balaban J connectivity index is 4.07. The maximum atomic E-state index is 10.9.